The predicted molar refractivity (Wildman–Crippen MR) is 79.3 cm³/mol. The van der Waals surface area contributed by atoms with E-state index in [1.54, 1.807) is 7.11 Å². The zero-order valence-corrected chi connectivity index (χ0v) is 12.9. The molecule has 4 nitrogen and oxygen atoms in total. The van der Waals surface area contributed by atoms with Crippen molar-refractivity contribution in [1.29, 1.82) is 0 Å². The fourth-order valence-corrected chi connectivity index (χ4v) is 1.81. The number of hydrogen-bond donors (Lipinski definition) is 1. The van der Waals surface area contributed by atoms with Crippen molar-refractivity contribution in [2.75, 3.05) is 13.7 Å². The van der Waals surface area contributed by atoms with E-state index in [4.69, 9.17) is 9.47 Å². The summed E-state index contributed by atoms with van der Waals surface area (Å²) in [5, 5.41) is 3.25. The van der Waals surface area contributed by atoms with Gasteiger partial charge in [-0.2, -0.15) is 0 Å². The second-order valence-corrected chi connectivity index (χ2v) is 5.77. The van der Waals surface area contributed by atoms with E-state index >= 15 is 0 Å². The van der Waals surface area contributed by atoms with Gasteiger partial charge in [0.05, 0.1) is 13.0 Å². The minimum absolute atomic E-state index is 0.168. The molecular weight excluding hydrogens is 254 g/mol. The molecule has 112 valence electrons. The fraction of sp³-hybridized carbons (Fsp3) is 0.562. The highest BCUT2D eigenvalue weighted by Gasteiger charge is 2.15. The third-order valence-corrected chi connectivity index (χ3v) is 2.56. The number of methoxy groups -OCH3 is 1. The molecule has 1 N–H and O–H groups in total. The average molecular weight is 279 g/mol. The molecule has 0 radical (unpaired) electrons. The minimum atomic E-state index is -0.411. The normalized spacial score (nSPS) is 11.4. The highest BCUT2D eigenvalue weighted by Crippen LogP contribution is 2.08. The molecule has 0 atom stereocenters. The molecule has 0 aliphatic carbocycles. The summed E-state index contributed by atoms with van der Waals surface area (Å²) in [6, 6.07) is 8.20. The monoisotopic (exact) mass is 279 g/mol. The summed E-state index contributed by atoms with van der Waals surface area (Å²) in [5.74, 6) is -0.168. The van der Waals surface area contributed by atoms with E-state index in [2.05, 4.69) is 17.4 Å². The fourth-order valence-electron chi connectivity index (χ4n) is 1.81. The molecule has 1 rings (SSSR count). The van der Waals surface area contributed by atoms with Gasteiger partial charge in [-0.3, -0.25) is 4.79 Å². The lowest BCUT2D eigenvalue weighted by Crippen LogP contribution is -2.26. The molecule has 1 aromatic rings. The highest BCUT2D eigenvalue weighted by molar-refractivity contribution is 5.70. The lowest BCUT2D eigenvalue weighted by molar-refractivity contribution is -0.154. The van der Waals surface area contributed by atoms with Crippen molar-refractivity contribution in [3.63, 3.8) is 0 Å². The molecule has 0 fully saturated rings. The lowest BCUT2D eigenvalue weighted by atomic mass is 10.1. The van der Waals surface area contributed by atoms with E-state index in [-0.39, 0.29) is 5.97 Å². The molecule has 1 aromatic carbocycles. The number of benzene rings is 1. The maximum atomic E-state index is 11.5. The van der Waals surface area contributed by atoms with Crippen LogP contribution in [0.15, 0.2) is 24.3 Å². The van der Waals surface area contributed by atoms with Gasteiger partial charge in [0.25, 0.3) is 0 Å². The number of carbonyl (C=O) groups excluding carboxylic acids is 1. The smallest absolute Gasteiger partial charge is 0.307 e. The van der Waals surface area contributed by atoms with Gasteiger partial charge in [0, 0.05) is 20.2 Å². The Hall–Kier alpha value is -1.39. The molecule has 4 heteroatoms. The largest absolute Gasteiger partial charge is 0.460 e. The number of esters is 1. The van der Waals surface area contributed by atoms with Crippen molar-refractivity contribution in [1.82, 2.24) is 5.32 Å². The summed E-state index contributed by atoms with van der Waals surface area (Å²) >= 11 is 0. The Bertz CT molecular complexity index is 424. The minimum Gasteiger partial charge on any atom is -0.460 e. The van der Waals surface area contributed by atoms with Crippen molar-refractivity contribution < 1.29 is 14.3 Å². The summed E-state index contributed by atoms with van der Waals surface area (Å²) in [7, 11) is 1.69. The van der Waals surface area contributed by atoms with Gasteiger partial charge in [-0.25, -0.2) is 0 Å². The summed E-state index contributed by atoms with van der Waals surface area (Å²) in [6.45, 7) is 7.59. The van der Waals surface area contributed by atoms with E-state index in [1.807, 2.05) is 32.9 Å². The second-order valence-electron chi connectivity index (χ2n) is 5.77. The SMILES string of the molecule is COCc1cccc(CNCCC(=O)OC(C)(C)C)c1. The molecular formula is C16H25NO3. The quantitative estimate of drug-likeness (QED) is 0.616. The first-order valence-corrected chi connectivity index (χ1v) is 6.90. The first-order valence-electron chi connectivity index (χ1n) is 6.90. The van der Waals surface area contributed by atoms with Gasteiger partial charge in [-0.15, -0.1) is 0 Å². The van der Waals surface area contributed by atoms with Crippen LogP contribution >= 0.6 is 0 Å². The number of hydrogen-bond acceptors (Lipinski definition) is 4. The van der Waals surface area contributed by atoms with E-state index in [0.29, 0.717) is 19.6 Å². The second kappa shape index (κ2) is 8.02. The van der Waals surface area contributed by atoms with E-state index in [9.17, 15) is 4.79 Å². The van der Waals surface area contributed by atoms with Gasteiger partial charge in [-0.1, -0.05) is 24.3 Å². The maximum Gasteiger partial charge on any atom is 0.307 e. The third-order valence-electron chi connectivity index (χ3n) is 2.56. The van der Waals surface area contributed by atoms with Gasteiger partial charge in [-0.05, 0) is 31.9 Å². The molecule has 0 spiro atoms. The molecule has 0 saturated heterocycles. The van der Waals surface area contributed by atoms with Crippen LogP contribution in [-0.2, 0) is 27.4 Å². The van der Waals surface area contributed by atoms with Crippen LogP contribution in [0.1, 0.15) is 38.3 Å². The predicted octanol–water partition coefficient (Wildman–Crippen LogP) is 2.65. The van der Waals surface area contributed by atoms with Crippen LogP contribution in [-0.4, -0.2) is 25.2 Å². The number of rotatable bonds is 7. The van der Waals surface area contributed by atoms with Crippen LogP contribution in [0, 0.1) is 0 Å². The Morgan fingerprint density at radius 3 is 2.60 bits per heavy atom. The number of carbonyl (C=O) groups is 1. The van der Waals surface area contributed by atoms with E-state index < -0.39 is 5.60 Å². The molecule has 0 heterocycles. The lowest BCUT2D eigenvalue weighted by Gasteiger charge is -2.19. The van der Waals surface area contributed by atoms with Crippen LogP contribution in [0.3, 0.4) is 0 Å². The summed E-state index contributed by atoms with van der Waals surface area (Å²) in [6.07, 6.45) is 0.384. The van der Waals surface area contributed by atoms with Gasteiger partial charge >= 0.3 is 5.97 Å². The highest BCUT2D eigenvalue weighted by atomic mass is 16.6. The summed E-state index contributed by atoms with van der Waals surface area (Å²) in [4.78, 5) is 11.5. The molecule has 0 saturated carbocycles. The van der Waals surface area contributed by atoms with Crippen LogP contribution in [0.25, 0.3) is 0 Å². The van der Waals surface area contributed by atoms with Crippen LogP contribution in [0.4, 0.5) is 0 Å². The Kier molecular flexibility index (Phi) is 6.68. The topological polar surface area (TPSA) is 47.6 Å². The first-order chi connectivity index (χ1) is 9.40. The van der Waals surface area contributed by atoms with Crippen LogP contribution in [0.2, 0.25) is 0 Å². The number of nitrogens with one attached hydrogen (secondary N) is 1. The Labute approximate surface area is 121 Å². The first kappa shape index (κ1) is 16.7. The molecule has 0 bridgehead atoms. The maximum absolute atomic E-state index is 11.5. The van der Waals surface area contributed by atoms with Crippen LogP contribution in [0.5, 0.6) is 0 Å². The third kappa shape index (κ3) is 7.26. The van der Waals surface area contributed by atoms with Gasteiger partial charge in [0.15, 0.2) is 0 Å². The van der Waals surface area contributed by atoms with E-state index in [0.717, 1.165) is 12.1 Å². The zero-order valence-electron chi connectivity index (χ0n) is 12.9. The van der Waals surface area contributed by atoms with Crippen molar-refractivity contribution in [3.05, 3.63) is 35.4 Å². The van der Waals surface area contributed by atoms with Gasteiger partial charge in [0.2, 0.25) is 0 Å². The molecule has 0 aliphatic rings. The molecule has 0 unspecified atom stereocenters. The Morgan fingerprint density at radius 1 is 1.25 bits per heavy atom. The zero-order chi connectivity index (χ0) is 15.0. The van der Waals surface area contributed by atoms with E-state index in [1.165, 1.54) is 5.56 Å². The molecule has 20 heavy (non-hydrogen) atoms. The van der Waals surface area contributed by atoms with Crippen molar-refractivity contribution in [3.8, 4) is 0 Å². The van der Waals surface area contributed by atoms with Crippen molar-refractivity contribution >= 4 is 5.97 Å². The van der Waals surface area contributed by atoms with Crippen molar-refractivity contribution in [2.45, 2.75) is 45.9 Å². The molecule has 0 amide bonds. The average Bonchev–Trinajstić information content (AvgIpc) is 2.33. The summed E-state index contributed by atoms with van der Waals surface area (Å²) in [5.41, 5.74) is 1.92. The standard InChI is InChI=1S/C16H25NO3/c1-16(2,3)20-15(18)8-9-17-11-13-6-5-7-14(10-13)12-19-4/h5-7,10,17H,8-9,11-12H2,1-4H3. The molecule has 0 aliphatic heterocycles. The van der Waals surface area contributed by atoms with Crippen molar-refractivity contribution in [2.24, 2.45) is 0 Å². The van der Waals surface area contributed by atoms with Gasteiger partial charge in [0.1, 0.15) is 5.60 Å². The Balaban J connectivity index is 2.27. The molecule has 0 aromatic heterocycles. The van der Waals surface area contributed by atoms with Gasteiger partial charge < -0.3 is 14.8 Å². The Morgan fingerprint density at radius 2 is 1.95 bits per heavy atom. The van der Waals surface area contributed by atoms with Crippen LogP contribution < -0.4 is 5.32 Å². The summed E-state index contributed by atoms with van der Waals surface area (Å²) < 4.78 is 10.4. The number of ether oxygens (including phenoxy) is 2.